The van der Waals surface area contributed by atoms with Crippen LogP contribution in [0.3, 0.4) is 0 Å². The van der Waals surface area contributed by atoms with E-state index in [0.717, 1.165) is 17.9 Å². The number of methoxy groups -OCH3 is 2. The highest BCUT2D eigenvalue weighted by Gasteiger charge is 2.44. The van der Waals surface area contributed by atoms with Gasteiger partial charge in [0.25, 0.3) is 0 Å². The van der Waals surface area contributed by atoms with E-state index in [4.69, 9.17) is 5.73 Å². The summed E-state index contributed by atoms with van der Waals surface area (Å²) in [5.74, 6) is -2.53. The zero-order chi connectivity index (χ0) is 33.4. The van der Waals surface area contributed by atoms with Crippen LogP contribution < -0.4 is 49.3 Å². The first kappa shape index (κ1) is 39.6. The number of nitrogens with one attached hydrogen (secondary N) is 2. The average molecular weight is 747 g/mol. The van der Waals surface area contributed by atoms with E-state index in [1.54, 1.807) is 0 Å². The summed E-state index contributed by atoms with van der Waals surface area (Å²) >= 11 is 0.949. The van der Waals surface area contributed by atoms with E-state index in [2.05, 4.69) is 56.5 Å². The lowest BCUT2D eigenvalue weighted by Gasteiger charge is -2.27. The Labute approximate surface area is 291 Å². The summed E-state index contributed by atoms with van der Waals surface area (Å²) in [6.45, 7) is -0.391. The largest absolute Gasteiger partial charge is 1.00 e. The number of nitrogens with two attached hydrogens (primary N) is 1. The van der Waals surface area contributed by atoms with Gasteiger partial charge in [0.2, 0.25) is 11.8 Å². The number of rotatable bonds is 17. The minimum atomic E-state index is -2.10. The molecule has 0 saturated heterocycles. The maximum Gasteiger partial charge on any atom is 0.325 e. The van der Waals surface area contributed by atoms with Gasteiger partial charge in [-0.05, 0) is 49.2 Å². The Hall–Kier alpha value is -3.57. The van der Waals surface area contributed by atoms with Gasteiger partial charge in [0, 0.05) is 18.6 Å². The molecule has 252 valence electrons. The van der Waals surface area contributed by atoms with E-state index in [-0.39, 0.29) is 47.1 Å². The molecule has 47 heavy (non-hydrogen) atoms. The Bertz CT molecular complexity index is 1360. The summed E-state index contributed by atoms with van der Waals surface area (Å²) in [7, 11) is 0.292. The van der Waals surface area contributed by atoms with Crippen LogP contribution in [0.15, 0.2) is 91.0 Å². The van der Waals surface area contributed by atoms with E-state index in [0.29, 0.717) is 6.42 Å². The second-order valence-electron chi connectivity index (χ2n) is 10.4. The first-order valence-electron chi connectivity index (χ1n) is 14.9. The minimum absolute atomic E-state index is 0. The predicted octanol–water partition coefficient (Wildman–Crippen LogP) is -0.921. The van der Waals surface area contributed by atoms with Gasteiger partial charge < -0.3 is 42.8 Å². The topological polar surface area (TPSA) is 154 Å². The molecule has 0 spiro atoms. The fourth-order valence-electron chi connectivity index (χ4n) is 4.95. The van der Waals surface area contributed by atoms with E-state index < -0.39 is 49.6 Å². The normalized spacial score (nSPS) is 12.1. The number of carbonyl (C=O) groups excluding carboxylic acids is 5. The second kappa shape index (κ2) is 20.6. The molecule has 3 rings (SSSR count). The van der Waals surface area contributed by atoms with Crippen molar-refractivity contribution >= 4 is 63.8 Å². The average Bonchev–Trinajstić information content (AvgIpc) is 3.10. The first-order valence-corrected chi connectivity index (χ1v) is 17.8. The molecule has 0 aliphatic heterocycles. The molecule has 0 radical (unpaired) electrons. The molecule has 2 unspecified atom stereocenters. The number of thioether (sulfide) groups is 1. The van der Waals surface area contributed by atoms with Gasteiger partial charge in [0.15, 0.2) is 5.12 Å². The van der Waals surface area contributed by atoms with Crippen LogP contribution in [0.5, 0.6) is 0 Å². The maximum absolute atomic E-state index is 13.2. The fourth-order valence-corrected chi connectivity index (χ4v) is 10.2. The lowest BCUT2D eigenvalue weighted by Crippen LogP contribution is -3.00. The summed E-state index contributed by atoms with van der Waals surface area (Å²) in [5, 5.41) is 8.57. The van der Waals surface area contributed by atoms with Crippen molar-refractivity contribution in [3.63, 3.8) is 0 Å². The Balaban J connectivity index is 0.00000768. The molecule has 0 aromatic heterocycles. The number of hydrogen-bond acceptors (Lipinski definition) is 9. The third-order valence-corrected chi connectivity index (χ3v) is 12.9. The van der Waals surface area contributed by atoms with Crippen molar-refractivity contribution in [3.8, 4) is 0 Å². The number of esters is 2. The maximum atomic E-state index is 13.2. The van der Waals surface area contributed by atoms with E-state index in [1.807, 2.05) is 54.6 Å². The molecule has 0 aliphatic carbocycles. The lowest BCUT2D eigenvalue weighted by molar-refractivity contribution is -0.142. The molecule has 2 atom stereocenters. The van der Waals surface area contributed by atoms with Crippen molar-refractivity contribution < 1.29 is 50.4 Å². The van der Waals surface area contributed by atoms with Crippen molar-refractivity contribution in [2.75, 3.05) is 32.7 Å². The predicted molar refractivity (Wildman–Crippen MR) is 183 cm³/mol. The van der Waals surface area contributed by atoms with Crippen LogP contribution in [0.2, 0.25) is 0 Å². The highest BCUT2D eigenvalue weighted by Crippen LogP contribution is 2.56. The smallest absolute Gasteiger partial charge is 0.325 e. The fraction of sp³-hybridized carbons (Fsp3) is 0.324. The third-order valence-electron chi connectivity index (χ3n) is 7.35. The van der Waals surface area contributed by atoms with E-state index >= 15 is 0 Å². The monoisotopic (exact) mass is 745 g/mol. The standard InChI is InChI=1S/C34H40N3O7PS.BrH/c1-43-31(39)23-36-33(41)29(37-30(38)21-20-28(35)34(42)44-2)24-46-32(40)19-12-22-45(25-13-6-3-7-14-25,26-15-8-4-9-16-26)27-17-10-5-11-18-27;/h3-11,13-18,28-29H,12,19-24,35H2,1-2H3,(H-,36,37,38,41);1H. The number of amides is 2. The van der Waals surface area contributed by atoms with E-state index in [1.165, 1.54) is 30.1 Å². The zero-order valence-corrected chi connectivity index (χ0v) is 29.7. The van der Waals surface area contributed by atoms with Gasteiger partial charge >= 0.3 is 11.9 Å². The molecule has 0 heterocycles. The van der Waals surface area contributed by atoms with Crippen LogP contribution in [0.4, 0.5) is 0 Å². The Morgan fingerprint density at radius 1 is 0.787 bits per heavy atom. The van der Waals surface area contributed by atoms with Gasteiger partial charge in [0.1, 0.15) is 41.8 Å². The molecule has 3 aromatic carbocycles. The van der Waals surface area contributed by atoms with Crippen LogP contribution in [0.1, 0.15) is 25.7 Å². The lowest BCUT2D eigenvalue weighted by atomic mass is 10.1. The van der Waals surface area contributed by atoms with Crippen LogP contribution in [-0.2, 0) is 33.4 Å². The van der Waals surface area contributed by atoms with Crippen LogP contribution in [-0.4, -0.2) is 73.6 Å². The minimum Gasteiger partial charge on any atom is -1.00 e. The number of benzene rings is 3. The Morgan fingerprint density at radius 3 is 1.77 bits per heavy atom. The second-order valence-corrected chi connectivity index (χ2v) is 15.1. The van der Waals surface area contributed by atoms with Gasteiger partial charge in [-0.2, -0.15) is 0 Å². The van der Waals surface area contributed by atoms with Crippen molar-refractivity contribution in [3.05, 3.63) is 91.0 Å². The number of carbonyl (C=O) groups is 5. The van der Waals surface area contributed by atoms with Gasteiger partial charge in [0.05, 0.1) is 20.4 Å². The van der Waals surface area contributed by atoms with Crippen LogP contribution in [0, 0.1) is 0 Å². The summed E-state index contributed by atoms with van der Waals surface area (Å²) < 4.78 is 9.15. The zero-order valence-electron chi connectivity index (χ0n) is 26.4. The highest BCUT2D eigenvalue weighted by atomic mass is 79.9. The highest BCUT2D eigenvalue weighted by molar-refractivity contribution is 8.13. The molecule has 2 amide bonds. The van der Waals surface area contributed by atoms with Crippen molar-refractivity contribution in [1.82, 2.24) is 10.6 Å². The van der Waals surface area contributed by atoms with Crippen molar-refractivity contribution in [2.45, 2.75) is 37.8 Å². The molecule has 0 aliphatic rings. The van der Waals surface area contributed by atoms with Gasteiger partial charge in [-0.15, -0.1) is 0 Å². The molecule has 4 N–H and O–H groups in total. The Kier molecular flexibility index (Phi) is 17.4. The number of hydrogen-bond donors (Lipinski definition) is 3. The van der Waals surface area contributed by atoms with Crippen molar-refractivity contribution in [2.24, 2.45) is 5.73 Å². The van der Waals surface area contributed by atoms with Crippen LogP contribution in [0.25, 0.3) is 0 Å². The number of ether oxygens (including phenoxy) is 2. The summed E-state index contributed by atoms with van der Waals surface area (Å²) in [6, 6.07) is 29.1. The molecule has 0 fully saturated rings. The van der Waals surface area contributed by atoms with Gasteiger partial charge in [-0.25, -0.2) is 0 Å². The third kappa shape index (κ3) is 11.9. The van der Waals surface area contributed by atoms with Crippen molar-refractivity contribution in [1.29, 1.82) is 0 Å². The SMILES string of the molecule is COC(=O)CNC(=O)C(CSC(=O)CCC[P+](c1ccccc1)(c1ccccc1)c1ccccc1)NC(=O)CCC(N)C(=O)OC.[Br-]. The van der Waals surface area contributed by atoms with E-state index in [9.17, 15) is 24.0 Å². The molecule has 10 nitrogen and oxygen atoms in total. The summed E-state index contributed by atoms with van der Waals surface area (Å²) in [5.41, 5.74) is 5.72. The summed E-state index contributed by atoms with van der Waals surface area (Å²) in [4.78, 5) is 61.8. The molecular formula is C34H41BrN3O7PS. The number of halogens is 1. The quantitative estimate of drug-likeness (QED) is 0.118. The summed E-state index contributed by atoms with van der Waals surface area (Å²) in [6.07, 6.45) is 1.50. The van der Waals surface area contributed by atoms with Gasteiger partial charge in [-0.3, -0.25) is 24.0 Å². The first-order chi connectivity index (χ1) is 22.2. The Morgan fingerprint density at radius 2 is 1.30 bits per heavy atom. The molecule has 3 aromatic rings. The molecular weight excluding hydrogens is 705 g/mol. The molecule has 0 bridgehead atoms. The van der Waals surface area contributed by atoms with Gasteiger partial charge in [-0.1, -0.05) is 66.4 Å². The van der Waals surface area contributed by atoms with Crippen LogP contribution >= 0.6 is 19.0 Å². The molecule has 13 heteroatoms. The molecule has 0 saturated carbocycles.